The highest BCUT2D eigenvalue weighted by atomic mass is 32.2. The molecule has 0 radical (unpaired) electrons. The second-order valence-electron chi connectivity index (χ2n) is 5.74. The van der Waals surface area contributed by atoms with Crippen LogP contribution in [0.3, 0.4) is 0 Å². The summed E-state index contributed by atoms with van der Waals surface area (Å²) in [6, 6.07) is 0. The maximum absolute atomic E-state index is 12.0. The van der Waals surface area contributed by atoms with E-state index in [0.717, 1.165) is 25.7 Å². The summed E-state index contributed by atoms with van der Waals surface area (Å²) < 4.78 is 36.7. The SMILES string of the molecule is CCCCCCC(OC(=O)C(CC(N)=O)S(=O)(=O)O)C(C)C. The van der Waals surface area contributed by atoms with Gasteiger partial charge in [0, 0.05) is 0 Å². The number of carbonyl (C=O) groups excluding carboxylic acids is 2. The molecule has 0 aliphatic rings. The lowest BCUT2D eigenvalue weighted by atomic mass is 10.00. The average molecular weight is 337 g/mol. The van der Waals surface area contributed by atoms with Gasteiger partial charge in [0.05, 0.1) is 6.42 Å². The average Bonchev–Trinajstić information content (AvgIpc) is 2.37. The number of hydrogen-bond acceptors (Lipinski definition) is 5. The molecule has 0 fully saturated rings. The minimum absolute atomic E-state index is 0.00111. The number of ether oxygens (including phenoxy) is 1. The Morgan fingerprint density at radius 2 is 1.77 bits per heavy atom. The van der Waals surface area contributed by atoms with Crippen LogP contribution in [0.5, 0.6) is 0 Å². The van der Waals surface area contributed by atoms with Gasteiger partial charge in [0.15, 0.2) is 5.25 Å². The Hall–Kier alpha value is -1.15. The van der Waals surface area contributed by atoms with E-state index in [0.29, 0.717) is 6.42 Å². The molecule has 3 N–H and O–H groups in total. The molecule has 0 aromatic carbocycles. The second kappa shape index (κ2) is 9.78. The highest BCUT2D eigenvalue weighted by Gasteiger charge is 2.36. The van der Waals surface area contributed by atoms with E-state index >= 15 is 0 Å². The van der Waals surface area contributed by atoms with Gasteiger partial charge in [-0.3, -0.25) is 14.1 Å². The molecule has 8 heteroatoms. The first-order valence-electron chi connectivity index (χ1n) is 7.54. The van der Waals surface area contributed by atoms with Crippen molar-refractivity contribution in [3.63, 3.8) is 0 Å². The van der Waals surface area contributed by atoms with Crippen molar-refractivity contribution in [1.82, 2.24) is 0 Å². The third-order valence-corrected chi connectivity index (χ3v) is 4.44. The summed E-state index contributed by atoms with van der Waals surface area (Å²) in [5.74, 6) is -2.12. The number of carbonyl (C=O) groups is 2. The highest BCUT2D eigenvalue weighted by Crippen LogP contribution is 2.18. The first-order chi connectivity index (χ1) is 10.1. The fraction of sp³-hybridized carbons (Fsp3) is 0.857. The summed E-state index contributed by atoms with van der Waals surface area (Å²) in [5.41, 5.74) is 4.91. The van der Waals surface area contributed by atoms with Gasteiger partial charge in [0.2, 0.25) is 5.91 Å². The van der Waals surface area contributed by atoms with Crippen molar-refractivity contribution in [1.29, 1.82) is 0 Å². The maximum Gasteiger partial charge on any atom is 0.327 e. The second-order valence-corrected chi connectivity index (χ2v) is 7.34. The van der Waals surface area contributed by atoms with E-state index in [2.05, 4.69) is 6.92 Å². The minimum Gasteiger partial charge on any atom is -0.461 e. The molecule has 22 heavy (non-hydrogen) atoms. The van der Waals surface area contributed by atoms with Crippen molar-refractivity contribution in [2.24, 2.45) is 11.7 Å². The van der Waals surface area contributed by atoms with E-state index in [4.69, 9.17) is 15.0 Å². The number of esters is 1. The van der Waals surface area contributed by atoms with Crippen molar-refractivity contribution < 1.29 is 27.3 Å². The molecule has 0 bridgehead atoms. The van der Waals surface area contributed by atoms with Crippen LogP contribution < -0.4 is 5.73 Å². The van der Waals surface area contributed by atoms with E-state index in [-0.39, 0.29) is 5.92 Å². The molecule has 7 nitrogen and oxygen atoms in total. The molecule has 2 unspecified atom stereocenters. The molecule has 0 aliphatic heterocycles. The van der Waals surface area contributed by atoms with Crippen LogP contribution in [0.15, 0.2) is 0 Å². The lowest BCUT2D eigenvalue weighted by Gasteiger charge is -2.23. The molecule has 0 aliphatic carbocycles. The van der Waals surface area contributed by atoms with Crippen molar-refractivity contribution in [3.8, 4) is 0 Å². The molecular weight excluding hydrogens is 310 g/mol. The summed E-state index contributed by atoms with van der Waals surface area (Å²) in [7, 11) is -4.74. The zero-order valence-electron chi connectivity index (χ0n) is 13.4. The lowest BCUT2D eigenvalue weighted by molar-refractivity contribution is -0.152. The van der Waals surface area contributed by atoms with Crippen LogP contribution in [-0.2, 0) is 24.4 Å². The summed E-state index contributed by atoms with van der Waals surface area (Å²) in [6.07, 6.45) is 3.37. The number of rotatable bonds is 11. The molecule has 0 aromatic rings. The molecule has 0 rings (SSSR count). The fourth-order valence-electron chi connectivity index (χ4n) is 2.02. The number of unbranched alkanes of at least 4 members (excludes halogenated alkanes) is 3. The molecule has 130 valence electrons. The molecule has 2 atom stereocenters. The molecule has 0 saturated heterocycles. The highest BCUT2D eigenvalue weighted by molar-refractivity contribution is 7.87. The van der Waals surface area contributed by atoms with Gasteiger partial charge in [-0.1, -0.05) is 40.0 Å². The Balaban J connectivity index is 4.79. The van der Waals surface area contributed by atoms with Crippen molar-refractivity contribution in [2.75, 3.05) is 0 Å². The standard InChI is InChI=1S/C14H27NO6S/c1-4-5-6-7-8-11(10(2)3)21-14(17)12(9-13(15)16)22(18,19)20/h10-12H,4-9H2,1-3H3,(H2,15,16)(H,18,19,20). The van der Waals surface area contributed by atoms with Crippen molar-refractivity contribution in [2.45, 2.75) is 70.7 Å². The Morgan fingerprint density at radius 1 is 1.18 bits per heavy atom. The summed E-state index contributed by atoms with van der Waals surface area (Å²) in [6.45, 7) is 5.79. The largest absolute Gasteiger partial charge is 0.461 e. The molecular formula is C14H27NO6S. The van der Waals surface area contributed by atoms with Gasteiger partial charge < -0.3 is 10.5 Å². The third-order valence-electron chi connectivity index (χ3n) is 3.36. The van der Waals surface area contributed by atoms with E-state index in [1.54, 1.807) is 0 Å². The predicted molar refractivity (Wildman–Crippen MR) is 82.6 cm³/mol. The van der Waals surface area contributed by atoms with E-state index in [1.165, 1.54) is 0 Å². The van der Waals surface area contributed by atoms with Crippen LogP contribution in [0.25, 0.3) is 0 Å². The minimum atomic E-state index is -4.74. The number of hydrogen-bond donors (Lipinski definition) is 2. The van der Waals surface area contributed by atoms with E-state index in [1.807, 2.05) is 13.8 Å². The van der Waals surface area contributed by atoms with Crippen LogP contribution >= 0.6 is 0 Å². The number of amides is 1. The number of primary amides is 1. The predicted octanol–water partition coefficient (Wildman–Crippen LogP) is 1.66. The Morgan fingerprint density at radius 3 is 2.18 bits per heavy atom. The summed E-state index contributed by atoms with van der Waals surface area (Å²) in [4.78, 5) is 22.8. The van der Waals surface area contributed by atoms with Crippen LogP contribution in [0.2, 0.25) is 0 Å². The normalized spacial score (nSPS) is 14.6. The molecule has 1 amide bonds. The zero-order valence-corrected chi connectivity index (χ0v) is 14.3. The Labute approximate surface area is 132 Å². The monoisotopic (exact) mass is 337 g/mol. The van der Waals surface area contributed by atoms with Gasteiger partial charge in [-0.2, -0.15) is 8.42 Å². The maximum atomic E-state index is 12.0. The fourth-order valence-corrected chi connectivity index (χ4v) is 2.69. The quantitative estimate of drug-likeness (QED) is 0.336. The Bertz CT molecular complexity index is 460. The van der Waals surface area contributed by atoms with Gasteiger partial charge in [0.25, 0.3) is 10.1 Å². The van der Waals surface area contributed by atoms with Crippen LogP contribution in [-0.4, -0.2) is 36.2 Å². The summed E-state index contributed by atoms with van der Waals surface area (Å²) >= 11 is 0. The van der Waals surface area contributed by atoms with E-state index < -0.39 is 39.8 Å². The Kier molecular flexibility index (Phi) is 9.27. The van der Waals surface area contributed by atoms with Gasteiger partial charge in [-0.15, -0.1) is 0 Å². The van der Waals surface area contributed by atoms with Crippen LogP contribution in [0, 0.1) is 5.92 Å². The molecule has 0 spiro atoms. The molecule has 0 saturated carbocycles. The van der Waals surface area contributed by atoms with Crippen LogP contribution in [0.1, 0.15) is 59.3 Å². The van der Waals surface area contributed by atoms with Crippen molar-refractivity contribution >= 4 is 22.0 Å². The van der Waals surface area contributed by atoms with Gasteiger partial charge in [-0.25, -0.2) is 0 Å². The van der Waals surface area contributed by atoms with Gasteiger partial charge in [-0.05, 0) is 18.8 Å². The first kappa shape index (κ1) is 20.9. The number of nitrogens with two attached hydrogens (primary N) is 1. The molecule has 0 heterocycles. The van der Waals surface area contributed by atoms with Crippen molar-refractivity contribution in [3.05, 3.63) is 0 Å². The zero-order chi connectivity index (χ0) is 17.3. The van der Waals surface area contributed by atoms with Gasteiger partial charge in [0.1, 0.15) is 6.10 Å². The third kappa shape index (κ3) is 8.33. The van der Waals surface area contributed by atoms with Crippen LogP contribution in [0.4, 0.5) is 0 Å². The van der Waals surface area contributed by atoms with E-state index in [9.17, 15) is 18.0 Å². The van der Waals surface area contributed by atoms with Gasteiger partial charge >= 0.3 is 5.97 Å². The first-order valence-corrected chi connectivity index (χ1v) is 9.05. The summed E-state index contributed by atoms with van der Waals surface area (Å²) in [5, 5.41) is -1.96. The topological polar surface area (TPSA) is 124 Å². The molecule has 0 aromatic heterocycles. The lowest BCUT2D eigenvalue weighted by Crippen LogP contribution is -2.38. The smallest absolute Gasteiger partial charge is 0.327 e.